The van der Waals surface area contributed by atoms with Gasteiger partial charge in [-0.25, -0.2) is 0 Å². The number of rotatable bonds is 0. The van der Waals surface area contributed by atoms with Gasteiger partial charge in [-0.2, -0.15) is 0 Å². The molecular weight excluding hydrogens is 328 g/mol. The van der Waals surface area contributed by atoms with Crippen molar-refractivity contribution >= 4 is 9.05 Å². The Morgan fingerprint density at radius 1 is 0.429 bits per heavy atom. The minimum absolute atomic E-state index is 0. The van der Waals surface area contributed by atoms with Crippen LogP contribution in [-0.4, -0.2) is 36.4 Å². The SMILES string of the molecule is O.O.O.O.O.[K+].[K+].[K+].[K+].[O-][Si]([O-])([O-])[O-]. The first-order chi connectivity index (χ1) is 2.00. The summed E-state index contributed by atoms with van der Waals surface area (Å²) in [6.07, 6.45) is 0. The summed E-state index contributed by atoms with van der Waals surface area (Å²) in [7, 11) is -5.61. The Hall–Kier alpha value is 6.40. The summed E-state index contributed by atoms with van der Waals surface area (Å²) < 4.78 is 0. The van der Waals surface area contributed by atoms with Crippen LogP contribution in [0.5, 0.6) is 0 Å². The van der Waals surface area contributed by atoms with E-state index in [0.29, 0.717) is 0 Å². The van der Waals surface area contributed by atoms with Crippen molar-refractivity contribution in [1.29, 1.82) is 0 Å². The fourth-order valence-corrected chi connectivity index (χ4v) is 0. The fourth-order valence-electron chi connectivity index (χ4n) is 0. The summed E-state index contributed by atoms with van der Waals surface area (Å²) in [5.74, 6) is 0. The summed E-state index contributed by atoms with van der Waals surface area (Å²) >= 11 is 0. The van der Waals surface area contributed by atoms with Gasteiger partial charge in [-0.15, -0.1) is 0 Å². The molecule has 72 valence electrons. The topological polar surface area (TPSA) is 250 Å². The van der Waals surface area contributed by atoms with Gasteiger partial charge in [-0.3, -0.25) is 0 Å². The van der Waals surface area contributed by atoms with Gasteiger partial charge >= 0.3 is 206 Å². The van der Waals surface area contributed by atoms with Crippen molar-refractivity contribution in [3.8, 4) is 0 Å². The normalized spacial score (nSPS) is 4.29. The molecule has 0 aliphatic rings. The Balaban J connectivity index is -0.00000000222. The zero-order valence-electron chi connectivity index (χ0n) is 8.63. The summed E-state index contributed by atoms with van der Waals surface area (Å²) in [6.45, 7) is 0. The van der Waals surface area contributed by atoms with Crippen LogP contribution in [0.1, 0.15) is 0 Å². The quantitative estimate of drug-likeness (QED) is 0.389. The molecule has 0 rings (SSSR count). The van der Waals surface area contributed by atoms with E-state index in [1.165, 1.54) is 0 Å². The van der Waals surface area contributed by atoms with E-state index >= 15 is 0 Å². The van der Waals surface area contributed by atoms with Gasteiger partial charge in [0.2, 0.25) is 0 Å². The molecule has 0 saturated carbocycles. The van der Waals surface area contributed by atoms with Gasteiger partial charge in [-0.05, 0) is 0 Å². The van der Waals surface area contributed by atoms with Crippen LogP contribution < -0.4 is 225 Å². The van der Waals surface area contributed by atoms with Crippen molar-refractivity contribution in [3.63, 3.8) is 0 Å². The maximum Gasteiger partial charge on any atom is 1.00 e. The van der Waals surface area contributed by atoms with Crippen LogP contribution in [0.2, 0.25) is 0 Å². The van der Waals surface area contributed by atoms with E-state index in [2.05, 4.69) is 0 Å². The fraction of sp³-hybridized carbons (Fsp3) is 0. The summed E-state index contributed by atoms with van der Waals surface area (Å²) in [5, 5.41) is 0. The Kier molecular flexibility index (Phi) is 217. The molecule has 0 spiro atoms. The maximum atomic E-state index is 8.58. The second-order valence-corrected chi connectivity index (χ2v) is 1.50. The van der Waals surface area contributed by atoms with Crippen molar-refractivity contribution in [2.45, 2.75) is 0 Å². The molecule has 0 atom stereocenters. The first-order valence-corrected chi connectivity index (χ1v) is 2.45. The third kappa shape index (κ3) is 136. The van der Waals surface area contributed by atoms with Gasteiger partial charge in [0.05, 0.1) is 0 Å². The molecule has 0 aromatic rings. The molecule has 0 aromatic carbocycles. The van der Waals surface area contributed by atoms with Gasteiger partial charge < -0.3 is 55.6 Å². The molecule has 0 aromatic heterocycles. The molecule has 0 aliphatic heterocycles. The molecule has 9 nitrogen and oxygen atoms in total. The summed E-state index contributed by atoms with van der Waals surface area (Å²) in [4.78, 5) is 34.3. The Morgan fingerprint density at radius 3 is 0.429 bits per heavy atom. The van der Waals surface area contributed by atoms with Crippen LogP contribution in [0.4, 0.5) is 0 Å². The molecule has 14 heavy (non-hydrogen) atoms. The van der Waals surface area contributed by atoms with E-state index in [4.69, 9.17) is 19.2 Å². The zero-order chi connectivity index (χ0) is 4.50. The van der Waals surface area contributed by atoms with Gasteiger partial charge in [0, 0.05) is 0 Å². The number of hydrogen-bond donors (Lipinski definition) is 0. The van der Waals surface area contributed by atoms with Crippen LogP contribution in [0, 0.1) is 0 Å². The Morgan fingerprint density at radius 2 is 0.429 bits per heavy atom. The van der Waals surface area contributed by atoms with Crippen molar-refractivity contribution in [3.05, 3.63) is 0 Å². The van der Waals surface area contributed by atoms with Crippen LogP contribution in [0.3, 0.4) is 0 Å². The van der Waals surface area contributed by atoms with Crippen molar-refractivity contribution in [1.82, 2.24) is 0 Å². The predicted molar refractivity (Wildman–Crippen MR) is 23.8 cm³/mol. The minimum Gasteiger partial charge on any atom is -0.894 e. The molecule has 0 saturated heterocycles. The van der Waals surface area contributed by atoms with E-state index in [9.17, 15) is 0 Å². The smallest absolute Gasteiger partial charge is 0.894 e. The molecule has 0 fully saturated rings. The van der Waals surface area contributed by atoms with E-state index in [1.807, 2.05) is 0 Å². The van der Waals surface area contributed by atoms with E-state index < -0.39 is 9.05 Å². The van der Waals surface area contributed by atoms with E-state index in [-0.39, 0.29) is 233 Å². The van der Waals surface area contributed by atoms with Gasteiger partial charge in [-0.1, -0.05) is 0 Å². The average molecular weight is 339 g/mol. The third-order valence-corrected chi connectivity index (χ3v) is 0. The van der Waals surface area contributed by atoms with E-state index in [1.54, 1.807) is 0 Å². The standard InChI is InChI=1S/4K.O4Si.5H2O/c;;;;1-5(2,3)4;;;;;/h;;;;;5*1H2/q4*+1;-4;;;;;. The molecule has 0 bridgehead atoms. The van der Waals surface area contributed by atoms with Crippen LogP contribution >= 0.6 is 0 Å². The van der Waals surface area contributed by atoms with E-state index in [0.717, 1.165) is 0 Å². The van der Waals surface area contributed by atoms with Gasteiger partial charge in [0.25, 0.3) is 0 Å². The monoisotopic (exact) mass is 338 g/mol. The van der Waals surface area contributed by atoms with Gasteiger partial charge in [0.1, 0.15) is 0 Å². The van der Waals surface area contributed by atoms with Crippen molar-refractivity contribution in [2.75, 3.05) is 0 Å². The zero-order valence-corrected chi connectivity index (χ0v) is 22.1. The molecule has 10 N–H and O–H groups in total. The second-order valence-electron chi connectivity index (χ2n) is 0.500. The van der Waals surface area contributed by atoms with Crippen LogP contribution in [0.15, 0.2) is 0 Å². The number of hydrogen-bond acceptors (Lipinski definition) is 4. The molecule has 0 aliphatic carbocycles. The molecule has 0 amide bonds. The first kappa shape index (κ1) is 71.0. The van der Waals surface area contributed by atoms with Crippen molar-refractivity contribution < 1.29 is 252 Å². The second kappa shape index (κ2) is 42.7. The summed E-state index contributed by atoms with van der Waals surface area (Å²) in [5.41, 5.74) is 0. The predicted octanol–water partition coefficient (Wildman–Crippen LogP) is -21.2. The molecule has 14 heteroatoms. The first-order valence-electron chi connectivity index (χ1n) is 0.816. The Labute approximate surface area is 253 Å². The molecular formula is H10K4O9Si. The summed E-state index contributed by atoms with van der Waals surface area (Å²) in [6, 6.07) is 0. The minimum atomic E-state index is -5.61. The maximum absolute atomic E-state index is 8.58. The largest absolute Gasteiger partial charge is 1.00 e. The molecule has 0 radical (unpaired) electrons. The molecule has 0 unspecified atom stereocenters. The third-order valence-electron chi connectivity index (χ3n) is 0. The van der Waals surface area contributed by atoms with Crippen LogP contribution in [0.25, 0.3) is 0 Å². The van der Waals surface area contributed by atoms with Crippen LogP contribution in [-0.2, 0) is 0 Å². The average Bonchev–Trinajstić information content (AvgIpc) is 0.722. The molecule has 0 heterocycles. The van der Waals surface area contributed by atoms with Crippen molar-refractivity contribution in [2.24, 2.45) is 0 Å². The van der Waals surface area contributed by atoms with Gasteiger partial charge in [0.15, 0.2) is 0 Å². The Bertz CT molecular complexity index is 32.3.